The largest absolute Gasteiger partial charge is 0.508 e. The number of amides is 2. The van der Waals surface area contributed by atoms with Gasteiger partial charge < -0.3 is 14.6 Å². The number of aliphatic carboxylic acids is 1. The minimum atomic E-state index is -1.71. The summed E-state index contributed by atoms with van der Waals surface area (Å²) in [5.41, 5.74) is -0.484. The fourth-order valence-corrected chi connectivity index (χ4v) is 4.70. The lowest BCUT2D eigenvalue weighted by Gasteiger charge is -2.29. The molecule has 5 rings (SSSR count). The lowest BCUT2D eigenvalue weighted by molar-refractivity contribution is -0.149. The first kappa shape index (κ1) is 18.4. The molecule has 30 heavy (non-hydrogen) atoms. The zero-order valence-electron chi connectivity index (χ0n) is 15.7. The van der Waals surface area contributed by atoms with E-state index in [-0.39, 0.29) is 12.2 Å². The SMILES string of the molecule is O=C1NC(=O)C2C1C(c1cc3ccccc3o1)NC2(Cc1ccc(O)cc1)C(=O)O. The minimum Gasteiger partial charge on any atom is -0.508 e. The van der Waals surface area contributed by atoms with Gasteiger partial charge in [-0.15, -0.1) is 0 Å². The fraction of sp³-hybridized carbons (Fsp3) is 0.227. The zero-order valence-corrected chi connectivity index (χ0v) is 15.7. The molecular formula is C22H18N2O6. The second-order valence-electron chi connectivity index (χ2n) is 7.79. The number of fused-ring (bicyclic) bond motifs is 2. The highest BCUT2D eigenvalue weighted by molar-refractivity contribution is 6.09. The Morgan fingerprint density at radius 3 is 2.50 bits per heavy atom. The van der Waals surface area contributed by atoms with Crippen LogP contribution in [0, 0.1) is 11.8 Å². The molecule has 152 valence electrons. The number of nitrogens with one attached hydrogen (secondary N) is 2. The topological polar surface area (TPSA) is 129 Å². The van der Waals surface area contributed by atoms with E-state index >= 15 is 0 Å². The number of carboxylic acid groups (broad SMARTS) is 1. The van der Waals surface area contributed by atoms with Crippen LogP contribution in [-0.2, 0) is 20.8 Å². The Morgan fingerprint density at radius 2 is 1.80 bits per heavy atom. The van der Waals surface area contributed by atoms with E-state index in [9.17, 15) is 24.6 Å². The minimum absolute atomic E-state index is 0.0405. The highest BCUT2D eigenvalue weighted by atomic mass is 16.4. The van der Waals surface area contributed by atoms with Crippen molar-refractivity contribution in [3.63, 3.8) is 0 Å². The number of furan rings is 1. The van der Waals surface area contributed by atoms with Gasteiger partial charge in [-0.25, -0.2) is 0 Å². The van der Waals surface area contributed by atoms with Gasteiger partial charge in [0.05, 0.1) is 17.9 Å². The van der Waals surface area contributed by atoms with E-state index in [1.165, 1.54) is 12.1 Å². The molecule has 8 nitrogen and oxygen atoms in total. The summed E-state index contributed by atoms with van der Waals surface area (Å²) in [6, 6.07) is 14.4. The summed E-state index contributed by atoms with van der Waals surface area (Å²) in [5.74, 6) is -3.91. The molecule has 2 fully saturated rings. The van der Waals surface area contributed by atoms with Crippen LogP contribution in [0.15, 0.2) is 59.0 Å². The van der Waals surface area contributed by atoms with Gasteiger partial charge in [0, 0.05) is 11.8 Å². The maximum absolute atomic E-state index is 12.7. The first-order chi connectivity index (χ1) is 14.4. The maximum Gasteiger partial charge on any atom is 0.325 e. The number of rotatable bonds is 4. The van der Waals surface area contributed by atoms with Gasteiger partial charge in [0.2, 0.25) is 11.8 Å². The van der Waals surface area contributed by atoms with Crippen molar-refractivity contribution in [2.45, 2.75) is 18.0 Å². The van der Waals surface area contributed by atoms with Crippen LogP contribution in [0.4, 0.5) is 0 Å². The number of carbonyl (C=O) groups is 3. The van der Waals surface area contributed by atoms with E-state index in [1.807, 2.05) is 18.2 Å². The van der Waals surface area contributed by atoms with E-state index in [2.05, 4.69) is 10.6 Å². The molecule has 2 saturated heterocycles. The van der Waals surface area contributed by atoms with Crippen molar-refractivity contribution in [1.82, 2.24) is 10.6 Å². The van der Waals surface area contributed by atoms with E-state index in [4.69, 9.17) is 4.42 Å². The molecule has 0 aliphatic carbocycles. The van der Waals surface area contributed by atoms with Gasteiger partial charge in [0.15, 0.2) is 0 Å². The molecule has 0 spiro atoms. The quantitative estimate of drug-likeness (QED) is 0.486. The van der Waals surface area contributed by atoms with E-state index < -0.39 is 41.2 Å². The van der Waals surface area contributed by atoms with E-state index in [1.54, 1.807) is 24.3 Å². The molecule has 2 aromatic carbocycles. The third-order valence-corrected chi connectivity index (χ3v) is 6.05. The second kappa shape index (κ2) is 6.43. The summed E-state index contributed by atoms with van der Waals surface area (Å²) in [7, 11) is 0. The van der Waals surface area contributed by atoms with Crippen LogP contribution in [0.2, 0.25) is 0 Å². The van der Waals surface area contributed by atoms with Gasteiger partial charge in [-0.05, 0) is 29.8 Å². The molecule has 4 unspecified atom stereocenters. The molecule has 4 N–H and O–H groups in total. The summed E-state index contributed by atoms with van der Waals surface area (Å²) in [6.07, 6.45) is -0.0405. The summed E-state index contributed by atoms with van der Waals surface area (Å²) >= 11 is 0. The van der Waals surface area contributed by atoms with Gasteiger partial charge in [-0.3, -0.25) is 25.0 Å². The predicted octanol–water partition coefficient (Wildman–Crippen LogP) is 1.74. The number of phenols is 1. The third-order valence-electron chi connectivity index (χ3n) is 6.05. The molecule has 2 aliphatic heterocycles. The Labute approximate surface area is 170 Å². The van der Waals surface area contributed by atoms with Crippen LogP contribution in [0.3, 0.4) is 0 Å². The lowest BCUT2D eigenvalue weighted by Crippen LogP contribution is -2.57. The van der Waals surface area contributed by atoms with Gasteiger partial charge in [0.1, 0.15) is 22.6 Å². The number of hydrogen-bond donors (Lipinski definition) is 4. The van der Waals surface area contributed by atoms with Crippen LogP contribution < -0.4 is 10.6 Å². The zero-order chi connectivity index (χ0) is 21.0. The fourth-order valence-electron chi connectivity index (χ4n) is 4.70. The number of carbonyl (C=O) groups excluding carboxylic acids is 2. The summed E-state index contributed by atoms with van der Waals surface area (Å²) in [4.78, 5) is 37.8. The van der Waals surface area contributed by atoms with E-state index in [0.717, 1.165) is 5.39 Å². The lowest BCUT2D eigenvalue weighted by atomic mass is 9.76. The average Bonchev–Trinajstić information content (AvgIpc) is 3.37. The highest BCUT2D eigenvalue weighted by Gasteiger charge is 2.66. The van der Waals surface area contributed by atoms with Crippen molar-refractivity contribution in [1.29, 1.82) is 0 Å². The number of benzene rings is 2. The molecule has 8 heteroatoms. The van der Waals surface area contributed by atoms with Crippen molar-refractivity contribution in [3.05, 3.63) is 65.9 Å². The number of hydrogen-bond acceptors (Lipinski definition) is 6. The number of aromatic hydroxyl groups is 1. The molecule has 0 bridgehead atoms. The first-order valence-corrected chi connectivity index (χ1v) is 9.51. The van der Waals surface area contributed by atoms with Crippen molar-refractivity contribution < 1.29 is 29.0 Å². The van der Waals surface area contributed by atoms with Crippen molar-refractivity contribution in [2.75, 3.05) is 0 Å². The van der Waals surface area contributed by atoms with Crippen molar-refractivity contribution in [3.8, 4) is 5.75 Å². The molecule has 4 atom stereocenters. The Balaban J connectivity index is 1.62. The van der Waals surface area contributed by atoms with Gasteiger partial charge >= 0.3 is 5.97 Å². The molecule has 2 aliphatic rings. The highest BCUT2D eigenvalue weighted by Crippen LogP contribution is 2.48. The average molecular weight is 406 g/mol. The van der Waals surface area contributed by atoms with Gasteiger partial charge in [0.25, 0.3) is 0 Å². The van der Waals surface area contributed by atoms with Crippen molar-refractivity contribution in [2.24, 2.45) is 11.8 Å². The summed E-state index contributed by atoms with van der Waals surface area (Å²) in [5, 5.41) is 25.9. The monoisotopic (exact) mass is 406 g/mol. The Morgan fingerprint density at radius 1 is 1.07 bits per heavy atom. The molecule has 2 amide bonds. The smallest absolute Gasteiger partial charge is 0.325 e. The normalized spacial score (nSPS) is 27.9. The summed E-state index contributed by atoms with van der Waals surface area (Å²) < 4.78 is 5.90. The standard InChI is InChI=1S/C22H18N2O6/c25-13-7-5-11(6-8-13)10-22(21(28)29)17-16(19(26)23-20(17)27)18(24-22)15-9-12-3-1-2-4-14(12)30-15/h1-9,16-18,24-25H,10H2,(H,28,29)(H,23,26,27). The van der Waals surface area contributed by atoms with Crippen LogP contribution in [-0.4, -0.2) is 33.5 Å². The molecule has 0 saturated carbocycles. The first-order valence-electron chi connectivity index (χ1n) is 9.51. The predicted molar refractivity (Wildman–Crippen MR) is 104 cm³/mol. The molecule has 3 aromatic rings. The molecular weight excluding hydrogens is 388 g/mol. The van der Waals surface area contributed by atoms with Crippen LogP contribution in [0.1, 0.15) is 17.4 Å². The third kappa shape index (κ3) is 2.61. The van der Waals surface area contributed by atoms with Crippen LogP contribution >= 0.6 is 0 Å². The number of imide groups is 1. The van der Waals surface area contributed by atoms with Crippen LogP contribution in [0.5, 0.6) is 5.75 Å². The number of phenolic OH excluding ortho intramolecular Hbond substituents is 1. The van der Waals surface area contributed by atoms with Crippen LogP contribution in [0.25, 0.3) is 11.0 Å². The molecule has 3 heterocycles. The molecule has 1 aromatic heterocycles. The Kier molecular flexibility index (Phi) is 3.94. The Hall–Kier alpha value is -3.65. The van der Waals surface area contributed by atoms with Crippen molar-refractivity contribution >= 4 is 28.8 Å². The van der Waals surface area contributed by atoms with E-state index in [0.29, 0.717) is 16.9 Å². The Bertz CT molecular complexity index is 1150. The number of para-hydroxylation sites is 1. The maximum atomic E-state index is 12.7. The summed E-state index contributed by atoms with van der Waals surface area (Å²) in [6.45, 7) is 0. The molecule has 0 radical (unpaired) electrons. The second-order valence-corrected chi connectivity index (χ2v) is 7.79. The van der Waals surface area contributed by atoms with Gasteiger partial charge in [-0.2, -0.15) is 0 Å². The number of carboxylic acids is 1. The van der Waals surface area contributed by atoms with Gasteiger partial charge in [-0.1, -0.05) is 30.3 Å².